The Hall–Kier alpha value is -1.88. The number of piperidine rings is 2. The summed E-state index contributed by atoms with van der Waals surface area (Å²) in [5.41, 5.74) is 2.19. The number of carbonyl (C=O) groups excluding carboxylic acids is 2. The van der Waals surface area contributed by atoms with Crippen LogP contribution in [0.5, 0.6) is 0 Å². The van der Waals surface area contributed by atoms with Crippen molar-refractivity contribution in [3.63, 3.8) is 0 Å². The zero-order valence-corrected chi connectivity index (χ0v) is 14.7. The summed E-state index contributed by atoms with van der Waals surface area (Å²) < 4.78 is 0. The average molecular weight is 341 g/mol. The molecule has 5 heteroatoms. The Kier molecular flexibility index (Phi) is 4.75. The Morgan fingerprint density at radius 3 is 2.52 bits per heavy atom. The zero-order chi connectivity index (χ0) is 17.2. The fourth-order valence-electron chi connectivity index (χ4n) is 4.57. The van der Waals surface area contributed by atoms with Gasteiger partial charge >= 0.3 is 0 Å². The number of amides is 2. The van der Waals surface area contributed by atoms with Crippen LogP contribution < -0.4 is 5.32 Å². The molecule has 3 aliphatic rings. The van der Waals surface area contributed by atoms with Gasteiger partial charge in [-0.15, -0.1) is 0 Å². The van der Waals surface area contributed by atoms with E-state index in [1.54, 1.807) is 0 Å². The first-order chi connectivity index (χ1) is 12.2. The van der Waals surface area contributed by atoms with Crippen LogP contribution in [0.25, 0.3) is 0 Å². The van der Waals surface area contributed by atoms with Gasteiger partial charge < -0.3 is 10.2 Å². The maximum absolute atomic E-state index is 12.7. The van der Waals surface area contributed by atoms with E-state index in [2.05, 4.69) is 21.2 Å². The lowest BCUT2D eigenvalue weighted by Gasteiger charge is -2.42. The standard InChI is InChI=1S/C20H27N3O2/c24-19-7-3-4-12-23(19)16-10-13-22(14-11-16)18-9-8-15-5-1-2-6-17(15)21-20(18)25/h1-2,5-6,16,18H,3-4,7-14H2,(H,21,25)/t18-/m1/s1. The van der Waals surface area contributed by atoms with E-state index < -0.39 is 0 Å². The second-order valence-corrected chi connectivity index (χ2v) is 7.51. The van der Waals surface area contributed by atoms with Crippen molar-refractivity contribution in [2.45, 2.75) is 57.0 Å². The van der Waals surface area contributed by atoms with Gasteiger partial charge in [0.15, 0.2) is 0 Å². The largest absolute Gasteiger partial charge is 0.340 e. The molecule has 1 aromatic carbocycles. The van der Waals surface area contributed by atoms with Crippen LogP contribution >= 0.6 is 0 Å². The third-order valence-corrected chi connectivity index (χ3v) is 6.01. The molecule has 1 atom stereocenters. The highest BCUT2D eigenvalue weighted by atomic mass is 16.2. The molecule has 4 rings (SSSR count). The summed E-state index contributed by atoms with van der Waals surface area (Å²) in [4.78, 5) is 29.3. The Balaban J connectivity index is 1.38. The number of rotatable bonds is 2. The Bertz CT molecular complexity index is 652. The SMILES string of the molecule is O=C1Nc2ccccc2CC[C@H]1N1CCC(N2CCCCC2=O)CC1. The highest BCUT2D eigenvalue weighted by molar-refractivity contribution is 5.96. The molecule has 2 amide bonds. The number of nitrogens with zero attached hydrogens (tertiary/aromatic N) is 2. The molecular weight excluding hydrogens is 314 g/mol. The molecule has 1 aromatic rings. The first-order valence-electron chi connectivity index (χ1n) is 9.64. The van der Waals surface area contributed by atoms with Gasteiger partial charge in [0.1, 0.15) is 0 Å². The molecule has 0 radical (unpaired) electrons. The van der Waals surface area contributed by atoms with Gasteiger partial charge in [-0.1, -0.05) is 18.2 Å². The van der Waals surface area contributed by atoms with E-state index in [-0.39, 0.29) is 11.9 Å². The van der Waals surface area contributed by atoms with E-state index in [4.69, 9.17) is 0 Å². The number of benzene rings is 1. The maximum Gasteiger partial charge on any atom is 0.241 e. The molecule has 134 valence electrons. The minimum Gasteiger partial charge on any atom is -0.340 e. The van der Waals surface area contributed by atoms with Crippen LogP contribution in [0.4, 0.5) is 5.69 Å². The van der Waals surface area contributed by atoms with Crippen LogP contribution in [0.15, 0.2) is 24.3 Å². The molecule has 0 bridgehead atoms. The fraction of sp³-hybridized carbons (Fsp3) is 0.600. The van der Waals surface area contributed by atoms with Crippen molar-refractivity contribution >= 4 is 17.5 Å². The van der Waals surface area contributed by atoms with Crippen molar-refractivity contribution in [3.8, 4) is 0 Å². The average Bonchev–Trinajstić information content (AvgIpc) is 2.81. The zero-order valence-electron chi connectivity index (χ0n) is 14.7. The number of hydrogen-bond donors (Lipinski definition) is 1. The minimum absolute atomic E-state index is 0.0505. The van der Waals surface area contributed by atoms with Crippen molar-refractivity contribution in [1.29, 1.82) is 0 Å². The van der Waals surface area contributed by atoms with Crippen LogP contribution in [0.2, 0.25) is 0 Å². The van der Waals surface area contributed by atoms with Crippen molar-refractivity contribution in [3.05, 3.63) is 29.8 Å². The lowest BCUT2D eigenvalue weighted by atomic mass is 9.97. The number of para-hydroxylation sites is 1. The third kappa shape index (κ3) is 3.43. The summed E-state index contributed by atoms with van der Waals surface area (Å²) in [7, 11) is 0. The first kappa shape index (κ1) is 16.6. The second kappa shape index (κ2) is 7.16. The maximum atomic E-state index is 12.7. The minimum atomic E-state index is -0.0505. The second-order valence-electron chi connectivity index (χ2n) is 7.51. The van der Waals surface area contributed by atoms with E-state index in [0.29, 0.717) is 18.4 Å². The highest BCUT2D eigenvalue weighted by Gasteiger charge is 2.34. The van der Waals surface area contributed by atoms with Crippen molar-refractivity contribution in [2.75, 3.05) is 25.0 Å². The Labute approximate surface area is 149 Å². The summed E-state index contributed by atoms with van der Waals surface area (Å²) in [5, 5.41) is 3.11. The summed E-state index contributed by atoms with van der Waals surface area (Å²) in [6.07, 6.45) is 6.67. The van der Waals surface area contributed by atoms with Crippen molar-refractivity contribution < 1.29 is 9.59 Å². The van der Waals surface area contributed by atoms with Crippen LogP contribution in [-0.2, 0) is 16.0 Å². The van der Waals surface area contributed by atoms with E-state index in [1.165, 1.54) is 5.56 Å². The summed E-state index contributed by atoms with van der Waals surface area (Å²) in [6.45, 7) is 2.73. The topological polar surface area (TPSA) is 52.7 Å². The van der Waals surface area contributed by atoms with Gasteiger partial charge in [0.05, 0.1) is 6.04 Å². The monoisotopic (exact) mass is 341 g/mol. The number of hydrogen-bond acceptors (Lipinski definition) is 3. The lowest BCUT2D eigenvalue weighted by Crippen LogP contribution is -2.53. The molecule has 0 spiro atoms. The highest BCUT2D eigenvalue weighted by Crippen LogP contribution is 2.27. The molecule has 2 saturated heterocycles. The molecule has 0 aliphatic carbocycles. The molecule has 2 fully saturated rings. The third-order valence-electron chi connectivity index (χ3n) is 6.01. The fourth-order valence-corrected chi connectivity index (χ4v) is 4.57. The molecule has 3 aliphatic heterocycles. The van der Waals surface area contributed by atoms with Crippen molar-refractivity contribution in [1.82, 2.24) is 9.80 Å². The molecule has 25 heavy (non-hydrogen) atoms. The van der Waals surface area contributed by atoms with Gasteiger partial charge in [-0.3, -0.25) is 14.5 Å². The van der Waals surface area contributed by atoms with Gasteiger partial charge in [0, 0.05) is 37.8 Å². The van der Waals surface area contributed by atoms with Crippen molar-refractivity contribution in [2.24, 2.45) is 0 Å². The van der Waals surface area contributed by atoms with E-state index in [1.807, 2.05) is 18.2 Å². The number of anilines is 1. The number of fused-ring (bicyclic) bond motifs is 1. The normalized spacial score (nSPS) is 26.1. The van der Waals surface area contributed by atoms with E-state index in [0.717, 1.165) is 63.8 Å². The molecule has 0 unspecified atom stereocenters. The molecule has 5 nitrogen and oxygen atoms in total. The van der Waals surface area contributed by atoms with Crippen LogP contribution in [0.3, 0.4) is 0 Å². The molecule has 3 heterocycles. The number of carbonyl (C=O) groups is 2. The quantitative estimate of drug-likeness (QED) is 0.899. The van der Waals surface area contributed by atoms with Gasteiger partial charge in [0.25, 0.3) is 0 Å². The Morgan fingerprint density at radius 2 is 1.72 bits per heavy atom. The summed E-state index contributed by atoms with van der Waals surface area (Å²) in [6, 6.07) is 8.42. The Morgan fingerprint density at radius 1 is 0.920 bits per heavy atom. The molecular formula is C20H27N3O2. The molecule has 0 saturated carbocycles. The number of likely N-dealkylation sites (tertiary alicyclic amines) is 2. The molecule has 0 aromatic heterocycles. The molecule has 1 N–H and O–H groups in total. The summed E-state index contributed by atoms with van der Waals surface area (Å²) >= 11 is 0. The van der Waals surface area contributed by atoms with E-state index in [9.17, 15) is 9.59 Å². The van der Waals surface area contributed by atoms with Gasteiger partial charge in [-0.25, -0.2) is 0 Å². The number of nitrogens with one attached hydrogen (secondary N) is 1. The van der Waals surface area contributed by atoms with E-state index >= 15 is 0 Å². The predicted molar refractivity (Wildman–Crippen MR) is 97.3 cm³/mol. The smallest absolute Gasteiger partial charge is 0.241 e. The predicted octanol–water partition coefficient (Wildman–Crippen LogP) is 2.42. The van der Waals surface area contributed by atoms with Crippen LogP contribution in [0, 0.1) is 0 Å². The van der Waals surface area contributed by atoms with Crippen LogP contribution in [-0.4, -0.2) is 53.3 Å². The number of aryl methyl sites for hydroxylation is 1. The first-order valence-corrected chi connectivity index (χ1v) is 9.64. The van der Waals surface area contributed by atoms with Gasteiger partial charge in [0.2, 0.25) is 11.8 Å². The van der Waals surface area contributed by atoms with Crippen LogP contribution in [0.1, 0.15) is 44.1 Å². The summed E-state index contributed by atoms with van der Waals surface area (Å²) in [5.74, 6) is 0.449. The van der Waals surface area contributed by atoms with Gasteiger partial charge in [-0.2, -0.15) is 0 Å². The van der Waals surface area contributed by atoms with Gasteiger partial charge in [-0.05, 0) is 50.2 Å². The lowest BCUT2D eigenvalue weighted by molar-refractivity contribution is -0.137.